The van der Waals surface area contributed by atoms with E-state index in [0.29, 0.717) is 18.1 Å². The number of rotatable bonds is 5. The number of nitrogens with one attached hydrogen (secondary N) is 1. The average Bonchev–Trinajstić information content (AvgIpc) is 3.42. The van der Waals surface area contributed by atoms with Crippen LogP contribution >= 0.6 is 0 Å². The van der Waals surface area contributed by atoms with Crippen LogP contribution in [0.4, 0.5) is 5.69 Å². The van der Waals surface area contributed by atoms with Crippen LogP contribution in [0.2, 0.25) is 0 Å². The lowest BCUT2D eigenvalue weighted by Crippen LogP contribution is -2.26. The molecule has 0 saturated carbocycles. The van der Waals surface area contributed by atoms with Gasteiger partial charge in [-0.15, -0.1) is 5.10 Å². The van der Waals surface area contributed by atoms with Gasteiger partial charge < -0.3 is 10.1 Å². The third-order valence-electron chi connectivity index (χ3n) is 4.59. The van der Waals surface area contributed by atoms with Crippen LogP contribution in [0.3, 0.4) is 0 Å². The number of hydrogen-bond donors (Lipinski definition) is 1. The summed E-state index contributed by atoms with van der Waals surface area (Å²) in [6.07, 6.45) is 3.78. The summed E-state index contributed by atoms with van der Waals surface area (Å²) in [7, 11) is 1.87. The SMILES string of the molecule is CCc1nc(-c2cccc(NC(=O)C3CCCO3)c2)n(-c2ccnn2C)n1. The zero-order valence-electron chi connectivity index (χ0n) is 15.4. The zero-order valence-corrected chi connectivity index (χ0v) is 15.4. The molecule has 3 heterocycles. The van der Waals surface area contributed by atoms with Crippen LogP contribution in [-0.2, 0) is 23.0 Å². The Bertz CT molecular complexity index is 955. The Balaban J connectivity index is 1.67. The fraction of sp³-hybridized carbons (Fsp3) is 0.368. The largest absolute Gasteiger partial charge is 0.368 e. The molecule has 8 nitrogen and oxygen atoms in total. The van der Waals surface area contributed by atoms with E-state index < -0.39 is 0 Å². The Hall–Kier alpha value is -3.00. The van der Waals surface area contributed by atoms with Gasteiger partial charge in [0.25, 0.3) is 5.91 Å². The number of ether oxygens (including phenoxy) is 1. The number of benzene rings is 1. The summed E-state index contributed by atoms with van der Waals surface area (Å²) in [6.45, 7) is 2.66. The molecule has 1 saturated heterocycles. The van der Waals surface area contributed by atoms with Gasteiger partial charge in [0.1, 0.15) is 6.10 Å². The van der Waals surface area contributed by atoms with Crippen molar-refractivity contribution >= 4 is 11.6 Å². The Morgan fingerprint density at radius 1 is 1.37 bits per heavy atom. The standard InChI is InChI=1S/C19H22N6O2/c1-3-16-22-18(25(23-16)17-9-10-20-24(17)2)13-6-4-7-14(12-13)21-19(26)15-8-5-11-27-15/h4,6-7,9-10,12,15H,3,5,8,11H2,1-2H3,(H,21,26). The summed E-state index contributed by atoms with van der Waals surface area (Å²) < 4.78 is 8.99. The van der Waals surface area contributed by atoms with Gasteiger partial charge in [-0.05, 0) is 25.0 Å². The second-order valence-corrected chi connectivity index (χ2v) is 6.50. The molecule has 0 spiro atoms. The summed E-state index contributed by atoms with van der Waals surface area (Å²) >= 11 is 0. The molecule has 1 amide bonds. The number of anilines is 1. The van der Waals surface area contributed by atoms with Gasteiger partial charge in [0.2, 0.25) is 0 Å². The van der Waals surface area contributed by atoms with E-state index >= 15 is 0 Å². The number of aromatic nitrogens is 5. The lowest BCUT2D eigenvalue weighted by Gasteiger charge is -2.11. The van der Waals surface area contributed by atoms with E-state index in [1.165, 1.54) is 0 Å². The Morgan fingerprint density at radius 3 is 2.96 bits per heavy atom. The van der Waals surface area contributed by atoms with Gasteiger partial charge in [-0.3, -0.25) is 9.48 Å². The second-order valence-electron chi connectivity index (χ2n) is 6.50. The van der Waals surface area contributed by atoms with Gasteiger partial charge in [0.05, 0.1) is 6.20 Å². The van der Waals surface area contributed by atoms with Crippen molar-refractivity contribution in [1.82, 2.24) is 24.5 Å². The van der Waals surface area contributed by atoms with Crippen LogP contribution < -0.4 is 5.32 Å². The van der Waals surface area contributed by atoms with Crippen LogP contribution in [0, 0.1) is 0 Å². The third-order valence-corrected chi connectivity index (χ3v) is 4.59. The van der Waals surface area contributed by atoms with E-state index in [4.69, 9.17) is 4.74 Å². The number of nitrogens with zero attached hydrogens (tertiary/aromatic N) is 5. The molecule has 4 rings (SSSR count). The molecule has 1 aliphatic heterocycles. The zero-order chi connectivity index (χ0) is 18.8. The van der Waals surface area contributed by atoms with Crippen molar-refractivity contribution in [3.8, 4) is 17.2 Å². The highest BCUT2D eigenvalue weighted by molar-refractivity contribution is 5.94. The minimum Gasteiger partial charge on any atom is -0.368 e. The van der Waals surface area contributed by atoms with Gasteiger partial charge in [-0.25, -0.2) is 4.98 Å². The van der Waals surface area contributed by atoms with E-state index in [1.54, 1.807) is 15.6 Å². The molecule has 0 aliphatic carbocycles. The fourth-order valence-corrected chi connectivity index (χ4v) is 3.17. The predicted molar refractivity (Wildman–Crippen MR) is 101 cm³/mol. The molecule has 8 heteroatoms. The molecule has 1 fully saturated rings. The first kappa shape index (κ1) is 17.4. The van der Waals surface area contributed by atoms with Crippen molar-refractivity contribution in [1.29, 1.82) is 0 Å². The number of amides is 1. The average molecular weight is 366 g/mol. The van der Waals surface area contributed by atoms with E-state index in [0.717, 1.165) is 36.5 Å². The first-order valence-electron chi connectivity index (χ1n) is 9.13. The molecule has 27 heavy (non-hydrogen) atoms. The highest BCUT2D eigenvalue weighted by Gasteiger charge is 2.23. The summed E-state index contributed by atoms with van der Waals surface area (Å²) in [5, 5.41) is 11.8. The minimum atomic E-state index is -0.363. The Labute approximate surface area is 157 Å². The smallest absolute Gasteiger partial charge is 0.253 e. The Morgan fingerprint density at radius 2 is 2.26 bits per heavy atom. The predicted octanol–water partition coefficient (Wildman–Crippen LogP) is 2.35. The quantitative estimate of drug-likeness (QED) is 0.749. The second kappa shape index (κ2) is 7.32. The molecule has 3 aromatic rings. The maximum Gasteiger partial charge on any atom is 0.253 e. The van der Waals surface area contributed by atoms with Crippen molar-refractivity contribution in [3.05, 3.63) is 42.4 Å². The molecule has 1 unspecified atom stereocenters. The molecular weight excluding hydrogens is 344 g/mol. The van der Waals surface area contributed by atoms with Crippen molar-refractivity contribution in [3.63, 3.8) is 0 Å². The van der Waals surface area contributed by atoms with Crippen LogP contribution in [0.5, 0.6) is 0 Å². The monoisotopic (exact) mass is 366 g/mol. The number of carbonyl (C=O) groups excluding carboxylic acids is 1. The van der Waals surface area contributed by atoms with Crippen molar-refractivity contribution in [2.75, 3.05) is 11.9 Å². The number of aryl methyl sites for hydroxylation is 2. The van der Waals surface area contributed by atoms with Gasteiger partial charge in [-0.2, -0.15) is 9.78 Å². The summed E-state index contributed by atoms with van der Waals surface area (Å²) in [5.41, 5.74) is 1.58. The topological polar surface area (TPSA) is 86.9 Å². The lowest BCUT2D eigenvalue weighted by molar-refractivity contribution is -0.124. The van der Waals surface area contributed by atoms with Crippen molar-refractivity contribution in [2.24, 2.45) is 7.05 Å². The van der Waals surface area contributed by atoms with Crippen LogP contribution in [0.15, 0.2) is 36.5 Å². The van der Waals surface area contributed by atoms with E-state index in [1.807, 2.05) is 44.3 Å². The molecule has 140 valence electrons. The molecule has 0 radical (unpaired) electrons. The third kappa shape index (κ3) is 3.48. The normalized spacial score (nSPS) is 16.6. The maximum absolute atomic E-state index is 12.3. The van der Waals surface area contributed by atoms with E-state index in [9.17, 15) is 4.79 Å². The first-order chi connectivity index (χ1) is 13.2. The summed E-state index contributed by atoms with van der Waals surface area (Å²) in [6, 6.07) is 9.51. The minimum absolute atomic E-state index is 0.105. The van der Waals surface area contributed by atoms with Crippen LogP contribution in [0.1, 0.15) is 25.6 Å². The molecule has 1 N–H and O–H groups in total. The molecule has 2 aromatic heterocycles. The Kier molecular flexibility index (Phi) is 4.72. The molecule has 1 atom stereocenters. The highest BCUT2D eigenvalue weighted by Crippen LogP contribution is 2.24. The van der Waals surface area contributed by atoms with Crippen LogP contribution in [-0.4, -0.2) is 43.2 Å². The van der Waals surface area contributed by atoms with Gasteiger partial charge in [-0.1, -0.05) is 19.1 Å². The van der Waals surface area contributed by atoms with Crippen molar-refractivity contribution in [2.45, 2.75) is 32.3 Å². The van der Waals surface area contributed by atoms with Gasteiger partial charge >= 0.3 is 0 Å². The number of hydrogen-bond acceptors (Lipinski definition) is 5. The van der Waals surface area contributed by atoms with E-state index in [2.05, 4.69) is 20.5 Å². The maximum atomic E-state index is 12.3. The molecule has 0 bridgehead atoms. The lowest BCUT2D eigenvalue weighted by atomic mass is 10.1. The fourth-order valence-electron chi connectivity index (χ4n) is 3.17. The van der Waals surface area contributed by atoms with E-state index in [-0.39, 0.29) is 12.0 Å². The molecule has 1 aliphatic rings. The van der Waals surface area contributed by atoms with Gasteiger partial charge in [0.15, 0.2) is 17.5 Å². The molecular formula is C19H22N6O2. The first-order valence-corrected chi connectivity index (χ1v) is 9.13. The van der Waals surface area contributed by atoms with Crippen molar-refractivity contribution < 1.29 is 9.53 Å². The molecule has 1 aromatic carbocycles. The summed E-state index contributed by atoms with van der Waals surface area (Å²) in [4.78, 5) is 17.0. The summed E-state index contributed by atoms with van der Waals surface area (Å²) in [5.74, 6) is 2.18. The number of carbonyl (C=O) groups is 1. The highest BCUT2D eigenvalue weighted by atomic mass is 16.5. The van der Waals surface area contributed by atoms with Crippen LogP contribution in [0.25, 0.3) is 17.2 Å². The van der Waals surface area contributed by atoms with Gasteiger partial charge in [0, 0.05) is 37.4 Å².